The Morgan fingerprint density at radius 3 is 2.66 bits per heavy atom. The number of benzene rings is 1. The predicted molar refractivity (Wildman–Crippen MR) is 121 cm³/mol. The van der Waals surface area contributed by atoms with E-state index in [1.54, 1.807) is 11.0 Å². The summed E-state index contributed by atoms with van der Waals surface area (Å²) in [5.74, 6) is 1.69. The first kappa shape index (κ1) is 22.3. The van der Waals surface area contributed by atoms with Crippen LogP contribution in [0.3, 0.4) is 0 Å². The zero-order valence-corrected chi connectivity index (χ0v) is 19.3. The molecule has 0 fully saturated rings. The molecule has 2 aliphatic heterocycles. The third-order valence-corrected chi connectivity index (χ3v) is 5.31. The Balaban J connectivity index is 1.41. The molecular formula is C24H27ClN2O5. The molecule has 0 unspecified atom stereocenters. The summed E-state index contributed by atoms with van der Waals surface area (Å²) in [6.07, 6.45) is 2.42. The van der Waals surface area contributed by atoms with E-state index >= 15 is 0 Å². The number of amides is 1. The maximum atomic E-state index is 12.3. The second-order valence-electron chi connectivity index (χ2n) is 8.62. The van der Waals surface area contributed by atoms with Crippen molar-refractivity contribution in [2.24, 2.45) is 0 Å². The average molecular weight is 459 g/mol. The Morgan fingerprint density at radius 2 is 1.94 bits per heavy atom. The monoisotopic (exact) mass is 458 g/mol. The van der Waals surface area contributed by atoms with Gasteiger partial charge in [0.15, 0.2) is 11.5 Å². The quantitative estimate of drug-likeness (QED) is 0.634. The SMILES string of the molecule is CC(C)(C)OC(=O)N1CC=C(c2cccc(OCc3ccc(Cl)c4c3OCCO4)n2)CC1. The van der Waals surface area contributed by atoms with Gasteiger partial charge in [-0.15, -0.1) is 0 Å². The summed E-state index contributed by atoms with van der Waals surface area (Å²) in [5.41, 5.74) is 2.26. The molecule has 0 N–H and O–H groups in total. The molecule has 32 heavy (non-hydrogen) atoms. The van der Waals surface area contributed by atoms with Gasteiger partial charge in [0, 0.05) is 24.7 Å². The molecule has 8 heteroatoms. The highest BCUT2D eigenvalue weighted by atomic mass is 35.5. The number of hydrogen-bond donors (Lipinski definition) is 0. The van der Waals surface area contributed by atoms with Crippen LogP contribution in [-0.4, -0.2) is 47.9 Å². The number of hydrogen-bond acceptors (Lipinski definition) is 6. The second-order valence-corrected chi connectivity index (χ2v) is 9.02. The molecule has 0 spiro atoms. The zero-order valence-electron chi connectivity index (χ0n) is 18.5. The Labute approximate surface area is 192 Å². The van der Waals surface area contributed by atoms with Crippen LogP contribution in [0.4, 0.5) is 4.79 Å². The summed E-state index contributed by atoms with van der Waals surface area (Å²) in [4.78, 5) is 18.6. The number of carbonyl (C=O) groups excluding carboxylic acids is 1. The molecule has 2 aromatic rings. The van der Waals surface area contributed by atoms with Crippen LogP contribution in [0.15, 0.2) is 36.4 Å². The van der Waals surface area contributed by atoms with Crippen molar-refractivity contribution in [1.29, 1.82) is 0 Å². The molecular weight excluding hydrogens is 432 g/mol. The molecule has 2 aliphatic rings. The summed E-state index contributed by atoms with van der Waals surface area (Å²) >= 11 is 6.20. The largest absolute Gasteiger partial charge is 0.486 e. The summed E-state index contributed by atoms with van der Waals surface area (Å²) in [6.45, 7) is 7.90. The highest BCUT2D eigenvalue weighted by molar-refractivity contribution is 6.32. The number of halogens is 1. The summed E-state index contributed by atoms with van der Waals surface area (Å²) in [7, 11) is 0. The van der Waals surface area contributed by atoms with Gasteiger partial charge in [0.2, 0.25) is 5.88 Å². The van der Waals surface area contributed by atoms with E-state index in [1.165, 1.54) is 0 Å². The van der Waals surface area contributed by atoms with Crippen molar-refractivity contribution >= 4 is 23.3 Å². The van der Waals surface area contributed by atoms with Gasteiger partial charge in [-0.3, -0.25) is 0 Å². The van der Waals surface area contributed by atoms with E-state index in [4.69, 9.17) is 30.5 Å². The van der Waals surface area contributed by atoms with Crippen LogP contribution in [0, 0.1) is 0 Å². The van der Waals surface area contributed by atoms with Crippen LogP contribution in [0.25, 0.3) is 5.57 Å². The van der Waals surface area contributed by atoms with E-state index in [0.29, 0.717) is 55.1 Å². The fraction of sp³-hybridized carbons (Fsp3) is 0.417. The lowest BCUT2D eigenvalue weighted by Crippen LogP contribution is -2.39. The van der Waals surface area contributed by atoms with Crippen LogP contribution in [0.5, 0.6) is 17.4 Å². The molecule has 0 aliphatic carbocycles. The highest BCUT2D eigenvalue weighted by Gasteiger charge is 2.24. The van der Waals surface area contributed by atoms with Gasteiger partial charge in [-0.25, -0.2) is 9.78 Å². The predicted octanol–water partition coefficient (Wildman–Crippen LogP) is 5.11. The molecule has 1 aromatic heterocycles. The molecule has 0 radical (unpaired) electrons. The van der Waals surface area contributed by atoms with Crippen molar-refractivity contribution in [3.05, 3.63) is 52.7 Å². The first-order valence-electron chi connectivity index (χ1n) is 10.6. The van der Waals surface area contributed by atoms with Crippen molar-refractivity contribution in [3.63, 3.8) is 0 Å². The van der Waals surface area contributed by atoms with E-state index in [-0.39, 0.29) is 12.7 Å². The molecule has 0 atom stereocenters. The van der Waals surface area contributed by atoms with Gasteiger partial charge in [0.05, 0.1) is 10.7 Å². The maximum absolute atomic E-state index is 12.3. The molecule has 3 heterocycles. The Hall–Kier alpha value is -2.93. The Kier molecular flexibility index (Phi) is 6.46. The molecule has 4 rings (SSSR count). The minimum absolute atomic E-state index is 0.283. The lowest BCUT2D eigenvalue weighted by molar-refractivity contribution is 0.0270. The van der Waals surface area contributed by atoms with Gasteiger partial charge in [-0.2, -0.15) is 0 Å². The van der Waals surface area contributed by atoms with Crippen LogP contribution in [0.2, 0.25) is 5.02 Å². The normalized spacial score (nSPS) is 15.8. The molecule has 1 aromatic carbocycles. The van der Waals surface area contributed by atoms with E-state index in [0.717, 1.165) is 16.8 Å². The average Bonchev–Trinajstić information content (AvgIpc) is 2.78. The standard InChI is InChI=1S/C24H27ClN2O5/c1-24(2,3)32-23(28)27-11-9-16(10-12-27)19-5-4-6-20(26-19)31-15-17-7-8-18(25)22-21(17)29-13-14-30-22/h4-9H,10-15H2,1-3H3. The fourth-order valence-corrected chi connectivity index (χ4v) is 3.70. The molecule has 1 amide bonds. The van der Waals surface area contributed by atoms with Crippen LogP contribution in [-0.2, 0) is 11.3 Å². The molecule has 7 nitrogen and oxygen atoms in total. The van der Waals surface area contributed by atoms with Crippen molar-refractivity contribution in [1.82, 2.24) is 9.88 Å². The number of carbonyl (C=O) groups is 1. The van der Waals surface area contributed by atoms with Gasteiger partial charge in [0.25, 0.3) is 0 Å². The molecule has 0 bridgehead atoms. The first-order chi connectivity index (χ1) is 15.3. The topological polar surface area (TPSA) is 70.1 Å². The highest BCUT2D eigenvalue weighted by Crippen LogP contribution is 2.40. The van der Waals surface area contributed by atoms with E-state index in [9.17, 15) is 4.79 Å². The number of rotatable bonds is 4. The molecule has 0 saturated carbocycles. The van der Waals surface area contributed by atoms with Crippen molar-refractivity contribution in [2.45, 2.75) is 39.4 Å². The maximum Gasteiger partial charge on any atom is 0.410 e. The number of ether oxygens (including phenoxy) is 4. The molecule has 170 valence electrons. The van der Waals surface area contributed by atoms with Gasteiger partial charge < -0.3 is 23.8 Å². The van der Waals surface area contributed by atoms with Gasteiger partial charge in [-0.1, -0.05) is 29.8 Å². The Morgan fingerprint density at radius 1 is 1.16 bits per heavy atom. The summed E-state index contributed by atoms with van der Waals surface area (Å²) in [5, 5.41) is 0.522. The fourth-order valence-electron chi connectivity index (χ4n) is 3.49. The van der Waals surface area contributed by atoms with Crippen LogP contribution < -0.4 is 14.2 Å². The second kappa shape index (κ2) is 9.28. The number of pyridine rings is 1. The molecule has 0 saturated heterocycles. The van der Waals surface area contributed by atoms with Gasteiger partial charge in [-0.05, 0) is 44.9 Å². The Bertz CT molecular complexity index is 1030. The number of fused-ring (bicyclic) bond motifs is 1. The van der Waals surface area contributed by atoms with Gasteiger partial charge >= 0.3 is 6.09 Å². The lowest BCUT2D eigenvalue weighted by atomic mass is 10.0. The minimum atomic E-state index is -0.505. The van der Waals surface area contributed by atoms with E-state index in [2.05, 4.69) is 4.98 Å². The van der Waals surface area contributed by atoms with E-state index < -0.39 is 5.60 Å². The number of aromatic nitrogens is 1. The van der Waals surface area contributed by atoms with Crippen molar-refractivity contribution in [3.8, 4) is 17.4 Å². The lowest BCUT2D eigenvalue weighted by Gasteiger charge is -2.29. The minimum Gasteiger partial charge on any atom is -0.486 e. The van der Waals surface area contributed by atoms with Crippen LogP contribution in [0.1, 0.15) is 38.4 Å². The van der Waals surface area contributed by atoms with Crippen molar-refractivity contribution in [2.75, 3.05) is 26.3 Å². The number of nitrogens with zero attached hydrogens (tertiary/aromatic N) is 2. The van der Waals surface area contributed by atoms with Crippen LogP contribution >= 0.6 is 11.6 Å². The smallest absolute Gasteiger partial charge is 0.410 e. The summed E-state index contributed by atoms with van der Waals surface area (Å²) in [6, 6.07) is 9.33. The first-order valence-corrected chi connectivity index (χ1v) is 11.0. The third-order valence-electron chi connectivity index (χ3n) is 5.01. The summed E-state index contributed by atoms with van der Waals surface area (Å²) < 4.78 is 22.8. The zero-order chi connectivity index (χ0) is 22.7. The van der Waals surface area contributed by atoms with E-state index in [1.807, 2.05) is 51.1 Å². The van der Waals surface area contributed by atoms with Gasteiger partial charge in [0.1, 0.15) is 25.4 Å². The van der Waals surface area contributed by atoms with Crippen molar-refractivity contribution < 1.29 is 23.7 Å². The third kappa shape index (κ3) is 5.27.